The summed E-state index contributed by atoms with van der Waals surface area (Å²) in [7, 11) is 1.53. The monoisotopic (exact) mass is 398 g/mol. The van der Waals surface area contributed by atoms with Crippen molar-refractivity contribution in [3.05, 3.63) is 71.0 Å². The zero-order valence-corrected chi connectivity index (χ0v) is 18.0. The number of rotatable bonds is 7. The molecule has 0 aliphatic rings. The Bertz CT molecular complexity index is 841. The van der Waals surface area contributed by atoms with Crippen LogP contribution in [0.1, 0.15) is 50.8 Å². The molecule has 1 N–H and O–H groups in total. The van der Waals surface area contributed by atoms with E-state index >= 15 is 0 Å². The molecule has 2 amide bonds. The predicted molar refractivity (Wildman–Crippen MR) is 114 cm³/mol. The summed E-state index contributed by atoms with van der Waals surface area (Å²) in [6.07, 6.45) is 0.822. The van der Waals surface area contributed by atoms with E-state index in [1.165, 1.54) is 23.6 Å². The summed E-state index contributed by atoms with van der Waals surface area (Å²) >= 11 is 0. The van der Waals surface area contributed by atoms with Crippen LogP contribution in [0.3, 0.4) is 0 Å². The standard InChI is InChI=1S/C24H31FN2O2/c1-17(23(29)26-5)27(16-19-8-6-7-9-21(19)25)22(28)15-12-18-10-13-20(14-11-18)24(2,3)4/h6-11,13-14,17H,12,15-16H2,1-5H3,(H,26,29)/t17-/m0/s1. The Labute approximate surface area is 173 Å². The average Bonchev–Trinajstić information content (AvgIpc) is 2.70. The molecule has 156 valence electrons. The van der Waals surface area contributed by atoms with Crippen LogP contribution in [0.4, 0.5) is 4.39 Å². The average molecular weight is 399 g/mol. The van der Waals surface area contributed by atoms with Crippen LogP contribution < -0.4 is 5.32 Å². The molecule has 0 radical (unpaired) electrons. The van der Waals surface area contributed by atoms with Gasteiger partial charge in [-0.3, -0.25) is 9.59 Å². The molecule has 0 unspecified atom stereocenters. The van der Waals surface area contributed by atoms with Crippen molar-refractivity contribution in [1.82, 2.24) is 10.2 Å². The molecule has 29 heavy (non-hydrogen) atoms. The summed E-state index contributed by atoms with van der Waals surface area (Å²) < 4.78 is 14.1. The lowest BCUT2D eigenvalue weighted by Gasteiger charge is -2.28. The first kappa shape index (κ1) is 22.6. The van der Waals surface area contributed by atoms with E-state index < -0.39 is 6.04 Å². The van der Waals surface area contributed by atoms with Crippen LogP contribution in [0.5, 0.6) is 0 Å². The maximum Gasteiger partial charge on any atom is 0.242 e. The Morgan fingerprint density at radius 3 is 2.24 bits per heavy atom. The van der Waals surface area contributed by atoms with E-state index in [0.717, 1.165) is 5.56 Å². The highest BCUT2D eigenvalue weighted by molar-refractivity contribution is 5.87. The van der Waals surface area contributed by atoms with Crippen molar-refractivity contribution in [3.63, 3.8) is 0 Å². The van der Waals surface area contributed by atoms with Crippen LogP contribution in [0.25, 0.3) is 0 Å². The molecule has 2 aromatic rings. The van der Waals surface area contributed by atoms with Crippen molar-refractivity contribution in [2.75, 3.05) is 7.05 Å². The van der Waals surface area contributed by atoms with Crippen LogP contribution in [0, 0.1) is 5.82 Å². The lowest BCUT2D eigenvalue weighted by atomic mass is 9.86. The molecule has 0 spiro atoms. The maximum absolute atomic E-state index is 14.1. The Morgan fingerprint density at radius 1 is 1.07 bits per heavy atom. The molecule has 0 saturated carbocycles. The van der Waals surface area contributed by atoms with Crippen LogP contribution >= 0.6 is 0 Å². The number of benzene rings is 2. The van der Waals surface area contributed by atoms with Crippen LogP contribution in [0.15, 0.2) is 48.5 Å². The Hall–Kier alpha value is -2.69. The number of halogens is 1. The summed E-state index contributed by atoms with van der Waals surface area (Å²) in [6.45, 7) is 8.20. The van der Waals surface area contributed by atoms with E-state index in [0.29, 0.717) is 12.0 Å². The summed E-state index contributed by atoms with van der Waals surface area (Å²) in [5.74, 6) is -0.833. The molecule has 0 aliphatic heterocycles. The number of aryl methyl sites for hydroxylation is 1. The van der Waals surface area contributed by atoms with Gasteiger partial charge in [-0.15, -0.1) is 0 Å². The van der Waals surface area contributed by atoms with Crippen LogP contribution in [0.2, 0.25) is 0 Å². The predicted octanol–water partition coefficient (Wildman–Crippen LogP) is 4.22. The number of nitrogens with zero attached hydrogens (tertiary/aromatic N) is 1. The molecule has 1 atom stereocenters. The Kier molecular flexibility index (Phi) is 7.54. The number of amides is 2. The molecule has 5 heteroatoms. The molecule has 2 rings (SSSR count). The minimum Gasteiger partial charge on any atom is -0.357 e. The quantitative estimate of drug-likeness (QED) is 0.759. The van der Waals surface area contributed by atoms with Gasteiger partial charge in [0.15, 0.2) is 0 Å². The molecule has 0 bridgehead atoms. The summed E-state index contributed by atoms with van der Waals surface area (Å²) in [4.78, 5) is 26.5. The van der Waals surface area contributed by atoms with Gasteiger partial charge in [0.1, 0.15) is 11.9 Å². The van der Waals surface area contributed by atoms with Crippen molar-refractivity contribution in [2.45, 2.75) is 58.5 Å². The number of carbonyl (C=O) groups excluding carboxylic acids is 2. The molecule has 0 saturated heterocycles. The first-order valence-electron chi connectivity index (χ1n) is 9.97. The van der Waals surface area contributed by atoms with Gasteiger partial charge in [0.25, 0.3) is 0 Å². The van der Waals surface area contributed by atoms with Crippen LogP contribution in [-0.2, 0) is 28.0 Å². The topological polar surface area (TPSA) is 49.4 Å². The smallest absolute Gasteiger partial charge is 0.242 e. The van der Waals surface area contributed by atoms with E-state index in [9.17, 15) is 14.0 Å². The highest BCUT2D eigenvalue weighted by Crippen LogP contribution is 2.23. The molecule has 0 fully saturated rings. The summed E-state index contributed by atoms with van der Waals surface area (Å²) in [5, 5.41) is 2.57. The van der Waals surface area contributed by atoms with Crippen molar-refractivity contribution < 1.29 is 14.0 Å². The molecule has 0 aliphatic carbocycles. The van der Waals surface area contributed by atoms with Gasteiger partial charge >= 0.3 is 0 Å². The van der Waals surface area contributed by atoms with E-state index in [2.05, 4.69) is 38.2 Å². The first-order chi connectivity index (χ1) is 13.6. The van der Waals surface area contributed by atoms with Gasteiger partial charge < -0.3 is 10.2 Å². The molecule has 4 nitrogen and oxygen atoms in total. The van der Waals surface area contributed by atoms with Crippen LogP contribution in [-0.4, -0.2) is 29.8 Å². The van der Waals surface area contributed by atoms with E-state index in [4.69, 9.17) is 0 Å². The van der Waals surface area contributed by atoms with E-state index in [-0.39, 0.29) is 36.0 Å². The van der Waals surface area contributed by atoms with Crippen molar-refractivity contribution in [2.24, 2.45) is 0 Å². The highest BCUT2D eigenvalue weighted by Gasteiger charge is 2.26. The third kappa shape index (κ3) is 6.14. The number of carbonyl (C=O) groups is 2. The fraction of sp³-hybridized carbons (Fsp3) is 0.417. The fourth-order valence-corrected chi connectivity index (χ4v) is 3.17. The van der Waals surface area contributed by atoms with Crippen molar-refractivity contribution in [3.8, 4) is 0 Å². The second kappa shape index (κ2) is 9.68. The largest absolute Gasteiger partial charge is 0.357 e. The van der Waals surface area contributed by atoms with E-state index in [1.54, 1.807) is 25.1 Å². The normalized spacial score (nSPS) is 12.3. The Morgan fingerprint density at radius 2 is 1.69 bits per heavy atom. The number of hydrogen-bond acceptors (Lipinski definition) is 2. The third-order valence-electron chi connectivity index (χ3n) is 5.16. The zero-order valence-electron chi connectivity index (χ0n) is 18.0. The molecular weight excluding hydrogens is 367 g/mol. The SMILES string of the molecule is CNC(=O)[C@H](C)N(Cc1ccccc1F)C(=O)CCc1ccc(C(C)(C)C)cc1. The fourth-order valence-electron chi connectivity index (χ4n) is 3.17. The Balaban J connectivity index is 2.12. The molecule has 0 aromatic heterocycles. The van der Waals surface area contributed by atoms with Crippen molar-refractivity contribution in [1.29, 1.82) is 0 Å². The van der Waals surface area contributed by atoms with Gasteiger partial charge in [-0.2, -0.15) is 0 Å². The van der Waals surface area contributed by atoms with Crippen molar-refractivity contribution >= 4 is 11.8 Å². The van der Waals surface area contributed by atoms with E-state index in [1.807, 2.05) is 12.1 Å². The van der Waals surface area contributed by atoms with Gasteiger partial charge in [0, 0.05) is 25.6 Å². The first-order valence-corrected chi connectivity index (χ1v) is 9.97. The number of likely N-dealkylation sites (N-methyl/N-ethyl adjacent to an activating group) is 1. The lowest BCUT2D eigenvalue weighted by molar-refractivity contribution is -0.140. The highest BCUT2D eigenvalue weighted by atomic mass is 19.1. The number of hydrogen-bond donors (Lipinski definition) is 1. The zero-order chi connectivity index (χ0) is 21.6. The molecular formula is C24H31FN2O2. The second-order valence-corrected chi connectivity index (χ2v) is 8.35. The summed E-state index contributed by atoms with van der Waals surface area (Å²) in [6, 6.07) is 13.9. The molecule has 0 heterocycles. The summed E-state index contributed by atoms with van der Waals surface area (Å²) in [5.41, 5.74) is 2.77. The minimum absolute atomic E-state index is 0.0586. The van der Waals surface area contributed by atoms with Gasteiger partial charge in [0.05, 0.1) is 0 Å². The third-order valence-corrected chi connectivity index (χ3v) is 5.16. The molecule has 2 aromatic carbocycles. The van der Waals surface area contributed by atoms with Gasteiger partial charge in [-0.05, 0) is 36.0 Å². The number of nitrogens with one attached hydrogen (secondary N) is 1. The van der Waals surface area contributed by atoms with Gasteiger partial charge in [0.2, 0.25) is 11.8 Å². The second-order valence-electron chi connectivity index (χ2n) is 8.35. The maximum atomic E-state index is 14.1. The lowest BCUT2D eigenvalue weighted by Crippen LogP contribution is -2.46. The van der Waals surface area contributed by atoms with Gasteiger partial charge in [-0.25, -0.2) is 4.39 Å². The minimum atomic E-state index is -0.685. The van der Waals surface area contributed by atoms with Gasteiger partial charge in [-0.1, -0.05) is 63.2 Å².